The van der Waals surface area contributed by atoms with Gasteiger partial charge in [-0.15, -0.1) is 0 Å². The first kappa shape index (κ1) is 16.5. The number of furan rings is 1. The number of ether oxygens (including phenoxy) is 2. The molecule has 22 heavy (non-hydrogen) atoms. The van der Waals surface area contributed by atoms with E-state index in [1.165, 1.54) is 12.5 Å². The number of hydrogen-bond donors (Lipinski definition) is 0. The first-order chi connectivity index (χ1) is 10.3. The van der Waals surface area contributed by atoms with Crippen molar-refractivity contribution in [3.8, 4) is 0 Å². The van der Waals surface area contributed by atoms with Gasteiger partial charge in [0.1, 0.15) is 11.9 Å². The molecule has 0 bridgehead atoms. The molecule has 2 unspecified atom stereocenters. The Balaban J connectivity index is 2.09. The first-order valence-corrected chi connectivity index (χ1v) is 7.42. The summed E-state index contributed by atoms with van der Waals surface area (Å²) in [4.78, 5) is 26.3. The normalized spacial score (nSPS) is 22.5. The highest BCUT2D eigenvalue weighted by Gasteiger charge is 2.36. The van der Waals surface area contributed by atoms with Crippen molar-refractivity contribution >= 4 is 11.9 Å². The van der Waals surface area contributed by atoms with Gasteiger partial charge in [-0.05, 0) is 33.8 Å². The number of carbonyl (C=O) groups excluding carboxylic acids is 2. The molecule has 0 spiro atoms. The Morgan fingerprint density at radius 1 is 1.36 bits per heavy atom. The van der Waals surface area contributed by atoms with Gasteiger partial charge in [0.15, 0.2) is 5.78 Å². The lowest BCUT2D eigenvalue weighted by Crippen LogP contribution is -2.55. The van der Waals surface area contributed by atoms with Crippen molar-refractivity contribution in [2.24, 2.45) is 0 Å². The number of morpholine rings is 1. The van der Waals surface area contributed by atoms with E-state index in [9.17, 15) is 9.59 Å². The van der Waals surface area contributed by atoms with Crippen LogP contribution in [-0.2, 0) is 9.47 Å². The van der Waals surface area contributed by atoms with Gasteiger partial charge in [0.05, 0.1) is 37.1 Å². The molecule has 1 aliphatic heterocycles. The summed E-state index contributed by atoms with van der Waals surface area (Å²) in [6.07, 6.45) is 2.64. The zero-order valence-electron chi connectivity index (χ0n) is 13.5. The van der Waals surface area contributed by atoms with Gasteiger partial charge in [-0.1, -0.05) is 0 Å². The molecule has 2 rings (SSSR count). The Hall–Kier alpha value is -1.82. The molecule has 0 aliphatic carbocycles. The monoisotopic (exact) mass is 309 g/mol. The van der Waals surface area contributed by atoms with Gasteiger partial charge in [-0.3, -0.25) is 9.69 Å². The maximum absolute atomic E-state index is 12.4. The summed E-state index contributed by atoms with van der Waals surface area (Å²) in [6, 6.07) is 1.15. The van der Waals surface area contributed by atoms with Crippen LogP contribution in [0.2, 0.25) is 0 Å². The largest absolute Gasteiger partial charge is 0.472 e. The van der Waals surface area contributed by atoms with Crippen molar-refractivity contribution in [3.63, 3.8) is 0 Å². The number of nitrogens with zero attached hydrogens (tertiary/aromatic N) is 1. The van der Waals surface area contributed by atoms with Crippen LogP contribution in [0.3, 0.4) is 0 Å². The minimum atomic E-state index is -0.575. The predicted molar refractivity (Wildman–Crippen MR) is 79.8 cm³/mol. The quantitative estimate of drug-likeness (QED) is 0.803. The van der Waals surface area contributed by atoms with Crippen LogP contribution in [0.15, 0.2) is 23.0 Å². The lowest BCUT2D eigenvalue weighted by Gasteiger charge is -2.40. The van der Waals surface area contributed by atoms with Crippen molar-refractivity contribution in [3.05, 3.63) is 24.2 Å². The lowest BCUT2D eigenvalue weighted by molar-refractivity contribution is -0.0558. The molecule has 2 heterocycles. The van der Waals surface area contributed by atoms with Crippen LogP contribution >= 0.6 is 0 Å². The van der Waals surface area contributed by atoms with E-state index in [0.29, 0.717) is 18.8 Å². The SMILES string of the molecule is CC1COCC(CC(=O)c2ccoc2)N1C(=O)OC(C)(C)C. The molecule has 0 radical (unpaired) electrons. The van der Waals surface area contributed by atoms with Gasteiger partial charge in [-0.2, -0.15) is 0 Å². The van der Waals surface area contributed by atoms with Gasteiger partial charge < -0.3 is 13.9 Å². The fourth-order valence-corrected chi connectivity index (χ4v) is 2.45. The Kier molecular flexibility index (Phi) is 4.90. The number of ketones is 1. The second-order valence-corrected chi connectivity index (χ2v) is 6.57. The predicted octanol–water partition coefficient (Wildman–Crippen LogP) is 2.88. The molecule has 1 aromatic rings. The van der Waals surface area contributed by atoms with Gasteiger partial charge in [-0.25, -0.2) is 4.79 Å². The highest BCUT2D eigenvalue weighted by molar-refractivity contribution is 5.96. The summed E-state index contributed by atoms with van der Waals surface area (Å²) in [6.45, 7) is 8.12. The van der Waals surface area contributed by atoms with Crippen molar-refractivity contribution in [2.45, 2.75) is 51.8 Å². The molecule has 1 aromatic heterocycles. The number of Topliss-reactive ketones (excluding diaryl/α,β-unsaturated/α-hetero) is 1. The van der Waals surface area contributed by atoms with E-state index < -0.39 is 11.7 Å². The maximum Gasteiger partial charge on any atom is 0.410 e. The van der Waals surface area contributed by atoms with E-state index in [0.717, 1.165) is 0 Å². The first-order valence-electron chi connectivity index (χ1n) is 7.42. The summed E-state index contributed by atoms with van der Waals surface area (Å²) in [5.41, 5.74) is -0.0730. The van der Waals surface area contributed by atoms with Crippen LogP contribution < -0.4 is 0 Å². The Morgan fingerprint density at radius 2 is 2.09 bits per heavy atom. The van der Waals surface area contributed by atoms with Crippen LogP contribution in [0, 0.1) is 0 Å². The number of rotatable bonds is 3. The van der Waals surface area contributed by atoms with Crippen LogP contribution in [0.1, 0.15) is 44.5 Å². The average Bonchev–Trinajstić information content (AvgIpc) is 2.90. The fraction of sp³-hybridized carbons (Fsp3) is 0.625. The Bertz CT molecular complexity index is 517. The molecule has 122 valence electrons. The van der Waals surface area contributed by atoms with Gasteiger partial charge in [0.25, 0.3) is 0 Å². The van der Waals surface area contributed by atoms with Crippen molar-refractivity contribution in [1.29, 1.82) is 0 Å². The van der Waals surface area contributed by atoms with Gasteiger partial charge in [0, 0.05) is 6.42 Å². The maximum atomic E-state index is 12.4. The molecular formula is C16H23NO5. The van der Waals surface area contributed by atoms with Crippen molar-refractivity contribution in [1.82, 2.24) is 4.90 Å². The van der Waals surface area contributed by atoms with Gasteiger partial charge in [0.2, 0.25) is 0 Å². The zero-order valence-corrected chi connectivity index (χ0v) is 13.5. The number of hydrogen-bond acceptors (Lipinski definition) is 5. The van der Waals surface area contributed by atoms with E-state index in [4.69, 9.17) is 13.9 Å². The third-order valence-corrected chi connectivity index (χ3v) is 3.41. The molecule has 1 aliphatic rings. The van der Waals surface area contributed by atoms with Crippen LogP contribution in [0.5, 0.6) is 0 Å². The second kappa shape index (κ2) is 6.52. The Labute approximate surface area is 130 Å². The number of amides is 1. The summed E-state index contributed by atoms with van der Waals surface area (Å²) in [5.74, 6) is -0.0787. The third kappa shape index (κ3) is 4.10. The second-order valence-electron chi connectivity index (χ2n) is 6.57. The summed E-state index contributed by atoms with van der Waals surface area (Å²) in [7, 11) is 0. The van der Waals surface area contributed by atoms with E-state index in [1.54, 1.807) is 11.0 Å². The topological polar surface area (TPSA) is 69.0 Å². The van der Waals surface area contributed by atoms with Gasteiger partial charge >= 0.3 is 6.09 Å². The molecular weight excluding hydrogens is 286 g/mol. The molecule has 1 saturated heterocycles. The highest BCUT2D eigenvalue weighted by Crippen LogP contribution is 2.22. The van der Waals surface area contributed by atoms with E-state index in [-0.39, 0.29) is 24.3 Å². The summed E-state index contributed by atoms with van der Waals surface area (Å²) in [5, 5.41) is 0. The molecule has 6 nitrogen and oxygen atoms in total. The summed E-state index contributed by atoms with van der Waals surface area (Å²) < 4.78 is 15.9. The Morgan fingerprint density at radius 3 is 2.68 bits per heavy atom. The van der Waals surface area contributed by atoms with Crippen molar-refractivity contribution < 1.29 is 23.5 Å². The van der Waals surface area contributed by atoms with Crippen LogP contribution in [0.25, 0.3) is 0 Å². The molecule has 0 aromatic carbocycles. The molecule has 1 amide bonds. The highest BCUT2D eigenvalue weighted by atomic mass is 16.6. The van der Waals surface area contributed by atoms with E-state index >= 15 is 0 Å². The third-order valence-electron chi connectivity index (χ3n) is 3.41. The smallest absolute Gasteiger partial charge is 0.410 e. The standard InChI is InChI=1S/C16H23NO5/c1-11-8-21-10-13(7-14(18)12-5-6-20-9-12)17(11)15(19)22-16(2,3)4/h5-6,9,11,13H,7-8,10H2,1-4H3. The molecule has 0 N–H and O–H groups in total. The summed E-state index contributed by atoms with van der Waals surface area (Å²) >= 11 is 0. The van der Waals surface area contributed by atoms with Crippen LogP contribution in [-0.4, -0.2) is 47.7 Å². The molecule has 2 atom stereocenters. The zero-order chi connectivity index (χ0) is 16.3. The minimum Gasteiger partial charge on any atom is -0.472 e. The average molecular weight is 309 g/mol. The minimum absolute atomic E-state index is 0.0787. The lowest BCUT2D eigenvalue weighted by atomic mass is 10.0. The number of carbonyl (C=O) groups is 2. The molecule has 0 saturated carbocycles. The van der Waals surface area contributed by atoms with E-state index in [1.807, 2.05) is 27.7 Å². The fourth-order valence-electron chi connectivity index (χ4n) is 2.45. The van der Waals surface area contributed by atoms with E-state index in [2.05, 4.69) is 0 Å². The van der Waals surface area contributed by atoms with Crippen molar-refractivity contribution in [2.75, 3.05) is 13.2 Å². The molecule has 1 fully saturated rings. The van der Waals surface area contributed by atoms with Crippen LogP contribution in [0.4, 0.5) is 4.79 Å². The molecule has 6 heteroatoms.